The number of carboxylic acids is 1. The number of aliphatic carboxylic acids is 1. The summed E-state index contributed by atoms with van der Waals surface area (Å²) in [5, 5.41) is 8.74. The molecule has 108 valence electrons. The molecule has 1 fully saturated rings. The molecular weight excluding hydrogens is 250 g/mol. The molecule has 0 atom stereocenters. The molecule has 1 saturated heterocycles. The second-order valence-electron chi connectivity index (χ2n) is 4.29. The summed E-state index contributed by atoms with van der Waals surface area (Å²) < 4.78 is 10.1. The van der Waals surface area contributed by atoms with Crippen molar-refractivity contribution in [2.45, 2.75) is 19.8 Å². The predicted molar refractivity (Wildman–Crippen MR) is 68.8 cm³/mol. The topological polar surface area (TPSA) is 76.1 Å². The fourth-order valence-corrected chi connectivity index (χ4v) is 1.92. The van der Waals surface area contributed by atoms with E-state index in [1.807, 2.05) is 0 Å². The molecule has 0 bridgehead atoms. The van der Waals surface area contributed by atoms with E-state index in [1.165, 1.54) is 0 Å². The van der Waals surface area contributed by atoms with Crippen LogP contribution in [-0.2, 0) is 19.1 Å². The van der Waals surface area contributed by atoms with E-state index >= 15 is 0 Å². The first kappa shape index (κ1) is 15.7. The zero-order valence-electron chi connectivity index (χ0n) is 11.3. The Kier molecular flexibility index (Phi) is 7.14. The Bertz CT molecular complexity index is 334. The number of esters is 1. The molecule has 0 aromatic rings. The van der Waals surface area contributed by atoms with Crippen LogP contribution in [0.4, 0.5) is 0 Å². The lowest BCUT2D eigenvalue weighted by Crippen LogP contribution is -2.36. The third-order valence-electron chi connectivity index (χ3n) is 2.86. The summed E-state index contributed by atoms with van der Waals surface area (Å²) in [5.41, 5.74) is 0.225. The van der Waals surface area contributed by atoms with Gasteiger partial charge in [-0.15, -0.1) is 0 Å². The minimum absolute atomic E-state index is 0.225. The molecule has 0 aliphatic carbocycles. The number of ether oxygens (including phenoxy) is 2. The van der Waals surface area contributed by atoms with E-state index in [0.717, 1.165) is 45.3 Å². The fraction of sp³-hybridized carbons (Fsp3) is 0.692. The van der Waals surface area contributed by atoms with Crippen molar-refractivity contribution in [2.24, 2.45) is 0 Å². The molecule has 0 aromatic carbocycles. The number of hydrogen-bond acceptors (Lipinski definition) is 5. The molecule has 6 nitrogen and oxygen atoms in total. The van der Waals surface area contributed by atoms with Gasteiger partial charge < -0.3 is 14.6 Å². The standard InChI is InChI=1S/C13H21NO5/c1-2-19-13(17)11(10-12(15)16)4-3-5-14-6-8-18-9-7-14/h10H,2-9H2,1H3,(H,15,16)/b11-10+. The first-order chi connectivity index (χ1) is 9.13. The van der Waals surface area contributed by atoms with Crippen molar-refractivity contribution in [1.82, 2.24) is 4.90 Å². The Labute approximate surface area is 113 Å². The van der Waals surface area contributed by atoms with Gasteiger partial charge in [0.25, 0.3) is 0 Å². The minimum atomic E-state index is -1.12. The summed E-state index contributed by atoms with van der Waals surface area (Å²) in [7, 11) is 0. The van der Waals surface area contributed by atoms with Gasteiger partial charge in [-0.05, 0) is 26.3 Å². The number of carbonyl (C=O) groups is 2. The number of carbonyl (C=O) groups excluding carboxylic acids is 1. The third-order valence-corrected chi connectivity index (χ3v) is 2.86. The average molecular weight is 271 g/mol. The molecule has 0 unspecified atom stereocenters. The summed E-state index contributed by atoms with van der Waals surface area (Å²) in [4.78, 5) is 24.5. The highest BCUT2D eigenvalue weighted by Crippen LogP contribution is 2.09. The van der Waals surface area contributed by atoms with Gasteiger partial charge in [-0.25, -0.2) is 9.59 Å². The van der Waals surface area contributed by atoms with Crippen molar-refractivity contribution in [3.8, 4) is 0 Å². The van der Waals surface area contributed by atoms with Crippen LogP contribution in [0.2, 0.25) is 0 Å². The van der Waals surface area contributed by atoms with Gasteiger partial charge in [0.15, 0.2) is 0 Å². The van der Waals surface area contributed by atoms with Gasteiger partial charge in [-0.1, -0.05) is 0 Å². The van der Waals surface area contributed by atoms with E-state index in [1.54, 1.807) is 6.92 Å². The zero-order chi connectivity index (χ0) is 14.1. The second kappa shape index (κ2) is 8.66. The quantitative estimate of drug-likeness (QED) is 0.542. The van der Waals surface area contributed by atoms with Crippen molar-refractivity contribution in [1.29, 1.82) is 0 Å². The van der Waals surface area contributed by atoms with E-state index in [2.05, 4.69) is 4.90 Å². The Morgan fingerprint density at radius 2 is 2.05 bits per heavy atom. The van der Waals surface area contributed by atoms with Crippen molar-refractivity contribution in [3.63, 3.8) is 0 Å². The highest BCUT2D eigenvalue weighted by Gasteiger charge is 2.14. The maximum Gasteiger partial charge on any atom is 0.334 e. The summed E-state index contributed by atoms with van der Waals surface area (Å²) in [6.45, 7) is 6.02. The number of morpholine rings is 1. The van der Waals surface area contributed by atoms with Gasteiger partial charge in [0, 0.05) is 24.7 Å². The molecule has 1 N–H and O–H groups in total. The fourth-order valence-electron chi connectivity index (χ4n) is 1.92. The second-order valence-corrected chi connectivity index (χ2v) is 4.29. The predicted octanol–water partition coefficient (Wildman–Crippen LogP) is 0.673. The normalized spacial score (nSPS) is 17.2. The van der Waals surface area contributed by atoms with E-state index in [4.69, 9.17) is 14.6 Å². The first-order valence-corrected chi connectivity index (χ1v) is 6.54. The molecule has 1 aliphatic rings. The van der Waals surface area contributed by atoms with Crippen molar-refractivity contribution >= 4 is 11.9 Å². The van der Waals surface area contributed by atoms with Gasteiger partial charge in [0.05, 0.1) is 19.8 Å². The Morgan fingerprint density at radius 3 is 2.63 bits per heavy atom. The maximum absolute atomic E-state index is 11.6. The lowest BCUT2D eigenvalue weighted by molar-refractivity contribution is -0.139. The first-order valence-electron chi connectivity index (χ1n) is 6.54. The molecule has 0 spiro atoms. The van der Waals surface area contributed by atoms with Crippen LogP contribution in [0.25, 0.3) is 0 Å². The summed E-state index contributed by atoms with van der Waals surface area (Å²) in [6, 6.07) is 0. The molecule has 1 aliphatic heterocycles. The molecule has 1 heterocycles. The van der Waals surface area contributed by atoms with Crippen molar-refractivity contribution < 1.29 is 24.2 Å². The Balaban J connectivity index is 2.39. The third kappa shape index (κ3) is 6.35. The largest absolute Gasteiger partial charge is 0.478 e. The zero-order valence-corrected chi connectivity index (χ0v) is 11.3. The molecule has 0 amide bonds. The highest BCUT2D eigenvalue weighted by atomic mass is 16.5. The molecule has 19 heavy (non-hydrogen) atoms. The van der Waals surface area contributed by atoms with Gasteiger partial charge in [-0.3, -0.25) is 4.90 Å². The monoisotopic (exact) mass is 271 g/mol. The lowest BCUT2D eigenvalue weighted by atomic mass is 10.1. The summed E-state index contributed by atoms with van der Waals surface area (Å²) in [6.07, 6.45) is 2.09. The number of carboxylic acid groups (broad SMARTS) is 1. The highest BCUT2D eigenvalue weighted by molar-refractivity contribution is 5.95. The average Bonchev–Trinajstić information content (AvgIpc) is 2.38. The Hall–Kier alpha value is -1.40. The van der Waals surface area contributed by atoms with Crippen LogP contribution in [0.1, 0.15) is 19.8 Å². The van der Waals surface area contributed by atoms with Crippen LogP contribution in [0.15, 0.2) is 11.6 Å². The van der Waals surface area contributed by atoms with E-state index in [0.29, 0.717) is 6.42 Å². The molecule has 6 heteroatoms. The number of hydrogen-bond donors (Lipinski definition) is 1. The van der Waals surface area contributed by atoms with Crippen LogP contribution < -0.4 is 0 Å². The molecular formula is C13H21NO5. The van der Waals surface area contributed by atoms with Crippen LogP contribution in [0, 0.1) is 0 Å². The van der Waals surface area contributed by atoms with Gasteiger partial charge >= 0.3 is 11.9 Å². The van der Waals surface area contributed by atoms with Crippen LogP contribution in [-0.4, -0.2) is 61.4 Å². The van der Waals surface area contributed by atoms with Gasteiger partial charge in [0.2, 0.25) is 0 Å². The maximum atomic E-state index is 11.6. The number of nitrogens with zero attached hydrogens (tertiary/aromatic N) is 1. The Morgan fingerprint density at radius 1 is 1.37 bits per heavy atom. The van der Waals surface area contributed by atoms with E-state index < -0.39 is 11.9 Å². The van der Waals surface area contributed by atoms with Gasteiger partial charge in [-0.2, -0.15) is 0 Å². The molecule has 1 rings (SSSR count). The smallest absolute Gasteiger partial charge is 0.334 e. The molecule has 0 aromatic heterocycles. The van der Waals surface area contributed by atoms with Crippen LogP contribution in [0.3, 0.4) is 0 Å². The van der Waals surface area contributed by atoms with Crippen LogP contribution in [0.5, 0.6) is 0 Å². The van der Waals surface area contributed by atoms with Crippen molar-refractivity contribution in [2.75, 3.05) is 39.5 Å². The molecule has 0 radical (unpaired) electrons. The van der Waals surface area contributed by atoms with Gasteiger partial charge in [0.1, 0.15) is 0 Å². The minimum Gasteiger partial charge on any atom is -0.478 e. The summed E-state index contributed by atoms with van der Waals surface area (Å²) >= 11 is 0. The van der Waals surface area contributed by atoms with Crippen LogP contribution >= 0.6 is 0 Å². The van der Waals surface area contributed by atoms with E-state index in [9.17, 15) is 9.59 Å². The number of rotatable bonds is 7. The molecule has 0 saturated carbocycles. The van der Waals surface area contributed by atoms with Crippen molar-refractivity contribution in [3.05, 3.63) is 11.6 Å². The SMILES string of the molecule is CCOC(=O)/C(=C/C(=O)O)CCCN1CCOCC1. The summed E-state index contributed by atoms with van der Waals surface area (Å²) in [5.74, 6) is -1.65. The lowest BCUT2D eigenvalue weighted by Gasteiger charge is -2.26. The van der Waals surface area contributed by atoms with E-state index in [-0.39, 0.29) is 12.2 Å².